The molecule has 4 heterocycles. The fraction of sp³-hybridized carbons (Fsp3) is 0.500. The molecule has 2 amide bonds. The normalized spacial score (nSPS) is 18.6. The van der Waals surface area contributed by atoms with Gasteiger partial charge >= 0.3 is 0 Å². The Labute approximate surface area is 223 Å². The van der Waals surface area contributed by atoms with Gasteiger partial charge in [-0.05, 0) is 50.9 Å². The number of carbonyl (C=O) groups is 2. The predicted octanol–water partition coefficient (Wildman–Crippen LogP) is 2.93. The van der Waals surface area contributed by atoms with E-state index in [1.54, 1.807) is 0 Å². The maximum absolute atomic E-state index is 12.5. The number of piperidine rings is 1. The van der Waals surface area contributed by atoms with Gasteiger partial charge in [-0.3, -0.25) is 9.59 Å². The average molecular weight is 542 g/mol. The van der Waals surface area contributed by atoms with Crippen molar-refractivity contribution in [3.8, 4) is 0 Å². The fourth-order valence-corrected chi connectivity index (χ4v) is 6.13. The van der Waals surface area contributed by atoms with Crippen LogP contribution in [0.3, 0.4) is 0 Å². The highest BCUT2D eigenvalue weighted by Gasteiger charge is 2.27. The van der Waals surface area contributed by atoms with E-state index in [0.29, 0.717) is 34.2 Å². The molecule has 37 heavy (non-hydrogen) atoms. The van der Waals surface area contributed by atoms with Gasteiger partial charge in [0.15, 0.2) is 0 Å². The van der Waals surface area contributed by atoms with Crippen LogP contribution >= 0.6 is 22.7 Å². The zero-order chi connectivity index (χ0) is 25.6. The molecule has 3 N–H and O–H groups in total. The largest absolute Gasteiger partial charge is 0.355 e. The van der Waals surface area contributed by atoms with Gasteiger partial charge in [0, 0.05) is 25.6 Å². The number of likely N-dealkylation sites (tertiary alicyclic amines) is 1. The molecule has 0 bridgehead atoms. The molecule has 5 rings (SSSR count). The summed E-state index contributed by atoms with van der Waals surface area (Å²) >= 11 is 2.73. The second kappa shape index (κ2) is 11.9. The molecule has 3 aromatic rings. The van der Waals surface area contributed by atoms with E-state index in [1.807, 2.05) is 30.3 Å². The Morgan fingerprint density at radius 2 is 1.59 bits per heavy atom. The van der Waals surface area contributed by atoms with E-state index >= 15 is 0 Å². The van der Waals surface area contributed by atoms with E-state index in [0.717, 1.165) is 56.1 Å². The second-order valence-electron chi connectivity index (χ2n) is 9.59. The van der Waals surface area contributed by atoms with Crippen LogP contribution in [0, 0.1) is 5.92 Å². The zero-order valence-electron chi connectivity index (χ0n) is 20.7. The Hall–Kier alpha value is -3.16. The quantitative estimate of drug-likeness (QED) is 0.375. The van der Waals surface area contributed by atoms with Crippen molar-refractivity contribution in [2.45, 2.75) is 38.1 Å². The number of aromatic nitrogens is 4. The molecule has 0 aliphatic carbocycles. The monoisotopic (exact) mass is 541 g/mol. The van der Waals surface area contributed by atoms with Crippen molar-refractivity contribution >= 4 is 55.0 Å². The Kier molecular flexibility index (Phi) is 8.21. The number of nitrogens with one attached hydrogen (secondary N) is 3. The van der Waals surface area contributed by atoms with E-state index in [4.69, 9.17) is 0 Å². The van der Waals surface area contributed by atoms with Crippen LogP contribution in [0.5, 0.6) is 0 Å². The summed E-state index contributed by atoms with van der Waals surface area (Å²) in [6, 6.07) is 9.76. The van der Waals surface area contributed by atoms with Crippen molar-refractivity contribution in [3.63, 3.8) is 0 Å². The van der Waals surface area contributed by atoms with E-state index in [-0.39, 0.29) is 17.9 Å². The van der Waals surface area contributed by atoms with Crippen LogP contribution in [0.25, 0.3) is 0 Å². The van der Waals surface area contributed by atoms with Crippen molar-refractivity contribution < 1.29 is 9.59 Å². The number of rotatable bonds is 9. The van der Waals surface area contributed by atoms with Crippen molar-refractivity contribution in [1.82, 2.24) is 25.3 Å². The molecule has 2 saturated heterocycles. The molecule has 196 valence electrons. The highest BCUT2D eigenvalue weighted by molar-refractivity contribution is 7.19. The molecule has 0 unspecified atom stereocenters. The first kappa shape index (κ1) is 25.5. The number of hydrogen-bond donors (Lipinski definition) is 3. The lowest BCUT2D eigenvalue weighted by molar-refractivity contribution is -0.117. The molecular weight excluding hydrogens is 510 g/mol. The first-order valence-electron chi connectivity index (χ1n) is 12.5. The van der Waals surface area contributed by atoms with Crippen molar-refractivity contribution in [1.29, 1.82) is 0 Å². The molecule has 0 spiro atoms. The minimum atomic E-state index is -0.119. The molecule has 0 radical (unpaired) electrons. The number of benzene rings is 1. The Bertz CT molecular complexity index is 1190. The van der Waals surface area contributed by atoms with Crippen LogP contribution in [0.4, 0.5) is 20.5 Å². The third-order valence-corrected chi connectivity index (χ3v) is 8.31. The lowest BCUT2D eigenvalue weighted by atomic mass is 9.93. The highest BCUT2D eigenvalue weighted by Crippen LogP contribution is 2.29. The first-order valence-corrected chi connectivity index (χ1v) is 14.1. The summed E-state index contributed by atoms with van der Waals surface area (Å²) in [5, 5.41) is 28.4. The van der Waals surface area contributed by atoms with Crippen LogP contribution in [0.15, 0.2) is 30.3 Å². The first-order chi connectivity index (χ1) is 18.0. The minimum absolute atomic E-state index is 0.0150. The summed E-state index contributed by atoms with van der Waals surface area (Å²) in [7, 11) is 2.12. The topological polar surface area (TPSA) is 128 Å². The Morgan fingerprint density at radius 1 is 0.892 bits per heavy atom. The predicted molar refractivity (Wildman–Crippen MR) is 146 cm³/mol. The molecule has 11 nitrogen and oxygen atoms in total. The molecule has 2 aliphatic heterocycles. The molecule has 13 heteroatoms. The van der Waals surface area contributed by atoms with Crippen molar-refractivity contribution in [2.24, 2.45) is 5.92 Å². The third kappa shape index (κ3) is 7.21. The average Bonchev–Trinajstić information content (AvgIpc) is 3.63. The molecule has 1 atom stereocenters. The van der Waals surface area contributed by atoms with Crippen LogP contribution in [-0.2, 0) is 16.0 Å². The van der Waals surface area contributed by atoms with Crippen molar-refractivity contribution in [2.75, 3.05) is 54.1 Å². The van der Waals surface area contributed by atoms with Crippen LogP contribution in [0.2, 0.25) is 0 Å². The fourth-order valence-electron chi connectivity index (χ4n) is 4.60. The highest BCUT2D eigenvalue weighted by atomic mass is 32.1. The van der Waals surface area contributed by atoms with Gasteiger partial charge in [0.25, 0.3) is 0 Å². The smallest absolute Gasteiger partial charge is 0.230 e. The maximum atomic E-state index is 12.5. The maximum Gasteiger partial charge on any atom is 0.230 e. The number of anilines is 4. The molecule has 2 aliphatic rings. The van der Waals surface area contributed by atoms with Crippen LogP contribution in [-0.4, -0.2) is 76.4 Å². The summed E-state index contributed by atoms with van der Waals surface area (Å²) in [5.74, 6) is 0.333. The van der Waals surface area contributed by atoms with Gasteiger partial charge in [-0.15, -0.1) is 20.4 Å². The summed E-state index contributed by atoms with van der Waals surface area (Å²) < 4.78 is 0. The molecule has 2 aromatic heterocycles. The van der Waals surface area contributed by atoms with E-state index in [2.05, 4.69) is 53.2 Å². The van der Waals surface area contributed by atoms with Gasteiger partial charge in [0.1, 0.15) is 0 Å². The SMILES string of the molecule is CN1CCC(CC(=O)Nc2nnc(N3CC[C@@H](Nc4nnc(NC(=O)Cc5ccccc5)s4)C3)s2)CC1. The number of nitrogens with zero attached hydrogens (tertiary/aromatic N) is 6. The van der Waals surface area contributed by atoms with E-state index in [1.165, 1.54) is 22.7 Å². The third-order valence-electron chi connectivity index (χ3n) is 6.64. The summed E-state index contributed by atoms with van der Waals surface area (Å²) in [5.41, 5.74) is 0.950. The minimum Gasteiger partial charge on any atom is -0.355 e. The van der Waals surface area contributed by atoms with Gasteiger partial charge in [-0.25, -0.2) is 0 Å². The summed E-state index contributed by atoms with van der Waals surface area (Å²) in [4.78, 5) is 29.2. The zero-order valence-corrected chi connectivity index (χ0v) is 22.4. The number of carbonyl (C=O) groups excluding carboxylic acids is 2. The second-order valence-corrected chi connectivity index (χ2v) is 11.5. The number of hydrogen-bond acceptors (Lipinski definition) is 11. The molecule has 0 saturated carbocycles. The molecule has 1 aromatic carbocycles. The lowest BCUT2D eigenvalue weighted by Crippen LogP contribution is -2.31. The van der Waals surface area contributed by atoms with Crippen molar-refractivity contribution in [3.05, 3.63) is 35.9 Å². The Balaban J connectivity index is 1.06. The molecule has 2 fully saturated rings. The Morgan fingerprint density at radius 3 is 2.41 bits per heavy atom. The number of amides is 2. The standard InChI is InChI=1S/C24H31N9O2S2/c1-32-10-7-17(8-11-32)14-20(35)27-23-30-31-24(37-23)33-12-9-18(15-33)25-21-28-29-22(36-21)26-19(34)13-16-5-3-2-4-6-16/h2-6,17-18H,7-15H2,1H3,(H,25,28)(H,26,29,34)(H,27,30,35)/t18-/m1/s1. The van der Waals surface area contributed by atoms with Gasteiger partial charge in [-0.2, -0.15) is 0 Å². The van der Waals surface area contributed by atoms with E-state index in [9.17, 15) is 9.59 Å². The summed E-state index contributed by atoms with van der Waals surface area (Å²) in [6.07, 6.45) is 3.86. The van der Waals surface area contributed by atoms with Gasteiger partial charge in [0.05, 0.1) is 6.42 Å². The van der Waals surface area contributed by atoms with Gasteiger partial charge < -0.3 is 25.8 Å². The lowest BCUT2D eigenvalue weighted by Gasteiger charge is -2.28. The van der Waals surface area contributed by atoms with Gasteiger partial charge in [-0.1, -0.05) is 53.0 Å². The van der Waals surface area contributed by atoms with Gasteiger partial charge in [0.2, 0.25) is 32.3 Å². The van der Waals surface area contributed by atoms with E-state index < -0.39 is 0 Å². The van der Waals surface area contributed by atoms with Crippen LogP contribution < -0.4 is 20.9 Å². The molecular formula is C24H31N9O2S2. The van der Waals surface area contributed by atoms with Crippen LogP contribution in [0.1, 0.15) is 31.2 Å². The summed E-state index contributed by atoms with van der Waals surface area (Å²) in [6.45, 7) is 3.67.